The molecule has 6 heteroatoms. The standard InChI is InChI=1S/C14H26F2N2O2/c1-3-11-9-18(7-5-12(11)17-4-2)14(19)6-8-20-10-13(15)16/h11-13,17H,3-10H2,1-2H3. The number of carbonyl (C=O) groups excluding carboxylic acids is 1. The lowest BCUT2D eigenvalue weighted by Crippen LogP contribution is -2.51. The number of nitrogens with zero attached hydrogens (tertiary/aromatic N) is 1. The number of carbonyl (C=O) groups is 1. The average molecular weight is 292 g/mol. The number of halogens is 2. The van der Waals surface area contributed by atoms with Crippen molar-refractivity contribution >= 4 is 5.91 Å². The van der Waals surface area contributed by atoms with Crippen LogP contribution in [0.3, 0.4) is 0 Å². The number of ether oxygens (including phenoxy) is 1. The third-order valence-electron chi connectivity index (χ3n) is 3.78. The van der Waals surface area contributed by atoms with E-state index >= 15 is 0 Å². The highest BCUT2D eigenvalue weighted by atomic mass is 19.3. The van der Waals surface area contributed by atoms with E-state index in [4.69, 9.17) is 4.74 Å². The monoisotopic (exact) mass is 292 g/mol. The number of likely N-dealkylation sites (tertiary alicyclic amines) is 1. The number of amides is 1. The molecular formula is C14H26F2N2O2. The molecule has 1 heterocycles. The molecule has 1 fully saturated rings. The van der Waals surface area contributed by atoms with Gasteiger partial charge in [-0.15, -0.1) is 0 Å². The SMILES string of the molecule is CCNC1CCN(C(=O)CCOCC(F)F)CC1CC. The molecule has 0 bridgehead atoms. The van der Waals surface area contributed by atoms with E-state index in [0.29, 0.717) is 12.0 Å². The van der Waals surface area contributed by atoms with Crippen LogP contribution in [0.2, 0.25) is 0 Å². The van der Waals surface area contributed by atoms with Gasteiger partial charge in [0.2, 0.25) is 5.91 Å². The maximum Gasteiger partial charge on any atom is 0.261 e. The van der Waals surface area contributed by atoms with Crippen molar-refractivity contribution in [2.24, 2.45) is 5.92 Å². The molecule has 2 unspecified atom stereocenters. The Morgan fingerprint density at radius 1 is 1.45 bits per heavy atom. The summed E-state index contributed by atoms with van der Waals surface area (Å²) in [6, 6.07) is 0.476. The minimum atomic E-state index is -2.47. The highest BCUT2D eigenvalue weighted by Gasteiger charge is 2.29. The predicted molar refractivity (Wildman–Crippen MR) is 73.9 cm³/mol. The zero-order chi connectivity index (χ0) is 15.0. The lowest BCUT2D eigenvalue weighted by molar-refractivity contribution is -0.135. The van der Waals surface area contributed by atoms with Crippen LogP contribution in [0.15, 0.2) is 0 Å². The van der Waals surface area contributed by atoms with E-state index in [1.54, 1.807) is 0 Å². The molecular weight excluding hydrogens is 266 g/mol. The molecule has 1 aliphatic heterocycles. The minimum Gasteiger partial charge on any atom is -0.375 e. The van der Waals surface area contributed by atoms with E-state index in [1.807, 2.05) is 4.90 Å². The summed E-state index contributed by atoms with van der Waals surface area (Å²) < 4.78 is 28.6. The summed E-state index contributed by atoms with van der Waals surface area (Å²) in [5.41, 5.74) is 0. The molecule has 20 heavy (non-hydrogen) atoms. The first kappa shape index (κ1) is 17.3. The van der Waals surface area contributed by atoms with Crippen molar-refractivity contribution in [2.45, 2.75) is 45.6 Å². The van der Waals surface area contributed by atoms with E-state index in [2.05, 4.69) is 19.2 Å². The van der Waals surface area contributed by atoms with Gasteiger partial charge in [-0.25, -0.2) is 8.78 Å². The van der Waals surface area contributed by atoms with Gasteiger partial charge in [0.05, 0.1) is 13.0 Å². The van der Waals surface area contributed by atoms with Crippen LogP contribution in [-0.2, 0) is 9.53 Å². The van der Waals surface area contributed by atoms with Crippen LogP contribution >= 0.6 is 0 Å². The van der Waals surface area contributed by atoms with Crippen molar-refractivity contribution in [2.75, 3.05) is 32.8 Å². The molecule has 0 aromatic heterocycles. The van der Waals surface area contributed by atoms with Crippen LogP contribution in [-0.4, -0.2) is 56.1 Å². The molecule has 1 N–H and O–H groups in total. The smallest absolute Gasteiger partial charge is 0.261 e. The Hall–Kier alpha value is -0.750. The topological polar surface area (TPSA) is 41.6 Å². The second-order valence-electron chi connectivity index (χ2n) is 5.18. The van der Waals surface area contributed by atoms with Gasteiger partial charge in [-0.3, -0.25) is 4.79 Å². The molecule has 2 atom stereocenters. The third-order valence-corrected chi connectivity index (χ3v) is 3.78. The van der Waals surface area contributed by atoms with Crippen molar-refractivity contribution in [1.29, 1.82) is 0 Å². The van der Waals surface area contributed by atoms with Gasteiger partial charge in [0.25, 0.3) is 6.43 Å². The molecule has 0 saturated carbocycles. The lowest BCUT2D eigenvalue weighted by atomic mass is 9.89. The Morgan fingerprint density at radius 3 is 2.80 bits per heavy atom. The summed E-state index contributed by atoms with van der Waals surface area (Å²) in [6.45, 7) is 6.14. The number of hydrogen-bond donors (Lipinski definition) is 1. The highest BCUT2D eigenvalue weighted by Crippen LogP contribution is 2.20. The second kappa shape index (κ2) is 9.23. The zero-order valence-corrected chi connectivity index (χ0v) is 12.4. The zero-order valence-electron chi connectivity index (χ0n) is 12.4. The number of nitrogens with one attached hydrogen (secondary N) is 1. The van der Waals surface area contributed by atoms with Gasteiger partial charge < -0.3 is 15.0 Å². The maximum atomic E-state index is 12.0. The van der Waals surface area contributed by atoms with Crippen LogP contribution in [0.25, 0.3) is 0 Å². The largest absolute Gasteiger partial charge is 0.375 e. The van der Waals surface area contributed by atoms with Gasteiger partial charge in [-0.2, -0.15) is 0 Å². The Morgan fingerprint density at radius 2 is 2.20 bits per heavy atom. The molecule has 1 amide bonds. The Kier molecular flexibility index (Phi) is 7.99. The van der Waals surface area contributed by atoms with E-state index in [1.165, 1.54) is 0 Å². The number of alkyl halides is 2. The van der Waals surface area contributed by atoms with Crippen molar-refractivity contribution in [3.63, 3.8) is 0 Å². The quantitative estimate of drug-likeness (QED) is 0.695. The molecule has 0 aromatic carbocycles. The average Bonchev–Trinajstić information content (AvgIpc) is 2.43. The first-order chi connectivity index (χ1) is 9.58. The Labute approximate surface area is 119 Å². The fraction of sp³-hybridized carbons (Fsp3) is 0.929. The van der Waals surface area contributed by atoms with Crippen LogP contribution in [0, 0.1) is 5.92 Å². The van der Waals surface area contributed by atoms with Crippen molar-refractivity contribution < 1.29 is 18.3 Å². The summed E-state index contributed by atoms with van der Waals surface area (Å²) in [6.07, 6.45) is -0.292. The third kappa shape index (κ3) is 5.71. The van der Waals surface area contributed by atoms with Crippen LogP contribution < -0.4 is 5.32 Å². The fourth-order valence-electron chi connectivity index (χ4n) is 2.69. The van der Waals surface area contributed by atoms with Crippen LogP contribution in [0.4, 0.5) is 8.78 Å². The Balaban J connectivity index is 2.31. The molecule has 1 aliphatic rings. The van der Waals surface area contributed by atoms with Gasteiger partial charge in [0.1, 0.15) is 6.61 Å². The second-order valence-corrected chi connectivity index (χ2v) is 5.18. The molecule has 4 nitrogen and oxygen atoms in total. The minimum absolute atomic E-state index is 0.00710. The van der Waals surface area contributed by atoms with E-state index in [9.17, 15) is 13.6 Å². The highest BCUT2D eigenvalue weighted by molar-refractivity contribution is 5.76. The summed E-state index contributed by atoms with van der Waals surface area (Å²) in [5, 5.41) is 3.46. The van der Waals surface area contributed by atoms with Gasteiger partial charge in [-0.1, -0.05) is 20.3 Å². The molecule has 1 saturated heterocycles. The van der Waals surface area contributed by atoms with Gasteiger partial charge in [0, 0.05) is 19.1 Å². The predicted octanol–water partition coefficient (Wildman–Crippen LogP) is 1.89. The molecule has 0 radical (unpaired) electrons. The number of rotatable bonds is 8. The Bertz CT molecular complexity index is 290. The van der Waals surface area contributed by atoms with Crippen molar-refractivity contribution in [3.05, 3.63) is 0 Å². The lowest BCUT2D eigenvalue weighted by Gasteiger charge is -2.38. The van der Waals surface area contributed by atoms with E-state index in [0.717, 1.165) is 32.5 Å². The summed E-state index contributed by atoms with van der Waals surface area (Å²) >= 11 is 0. The number of piperidine rings is 1. The van der Waals surface area contributed by atoms with Gasteiger partial charge in [-0.05, 0) is 18.9 Å². The molecule has 118 valence electrons. The molecule has 1 rings (SSSR count). The normalized spacial score (nSPS) is 23.4. The summed E-state index contributed by atoms with van der Waals surface area (Å²) in [4.78, 5) is 13.8. The van der Waals surface area contributed by atoms with Crippen molar-refractivity contribution in [3.8, 4) is 0 Å². The first-order valence-corrected chi connectivity index (χ1v) is 7.45. The summed E-state index contributed by atoms with van der Waals surface area (Å²) in [7, 11) is 0. The molecule has 0 spiro atoms. The van der Waals surface area contributed by atoms with Crippen molar-refractivity contribution in [1.82, 2.24) is 10.2 Å². The van der Waals surface area contributed by atoms with Crippen LogP contribution in [0.5, 0.6) is 0 Å². The van der Waals surface area contributed by atoms with E-state index < -0.39 is 13.0 Å². The maximum absolute atomic E-state index is 12.0. The van der Waals surface area contributed by atoms with Gasteiger partial charge in [0.15, 0.2) is 0 Å². The van der Waals surface area contributed by atoms with Crippen LogP contribution in [0.1, 0.15) is 33.1 Å². The first-order valence-electron chi connectivity index (χ1n) is 7.45. The molecule has 0 aromatic rings. The number of hydrogen-bond acceptors (Lipinski definition) is 3. The summed E-state index contributed by atoms with van der Waals surface area (Å²) in [5.74, 6) is 0.474. The fourth-order valence-corrected chi connectivity index (χ4v) is 2.69. The van der Waals surface area contributed by atoms with E-state index in [-0.39, 0.29) is 18.9 Å². The van der Waals surface area contributed by atoms with Gasteiger partial charge >= 0.3 is 0 Å². The molecule has 0 aliphatic carbocycles.